The standard InChI is InChI=1S/2C7H10O4.Cu/c2*1-4(8)7(5(2)9)11-6(3)10;/h2*8H,1-3H3;/b2*7-4+;. The van der Waals surface area contributed by atoms with Crippen LogP contribution in [0.1, 0.15) is 41.5 Å². The fourth-order valence-electron chi connectivity index (χ4n) is 1.09. The van der Waals surface area contributed by atoms with Crippen molar-refractivity contribution < 1.29 is 55.9 Å². The van der Waals surface area contributed by atoms with E-state index >= 15 is 0 Å². The number of ether oxygens (including phenoxy) is 2. The molecule has 0 atom stereocenters. The molecule has 0 aromatic rings. The van der Waals surface area contributed by atoms with Crippen molar-refractivity contribution in [2.24, 2.45) is 0 Å². The monoisotopic (exact) mass is 379 g/mol. The van der Waals surface area contributed by atoms with Crippen molar-refractivity contribution in [1.29, 1.82) is 0 Å². The van der Waals surface area contributed by atoms with Gasteiger partial charge in [-0.2, -0.15) is 0 Å². The normalized spacial score (nSPS) is 11.4. The van der Waals surface area contributed by atoms with Crippen molar-refractivity contribution in [2.45, 2.75) is 41.5 Å². The third-order valence-electron chi connectivity index (χ3n) is 1.79. The molecule has 1 radical (unpaired) electrons. The average molecular weight is 380 g/mol. The molecule has 9 heteroatoms. The van der Waals surface area contributed by atoms with Crippen LogP contribution in [0.3, 0.4) is 0 Å². The Kier molecular flexibility index (Phi) is 13.9. The van der Waals surface area contributed by atoms with E-state index < -0.39 is 23.5 Å². The molecule has 135 valence electrons. The summed E-state index contributed by atoms with van der Waals surface area (Å²) in [7, 11) is 0. The Morgan fingerprint density at radius 1 is 0.609 bits per heavy atom. The first-order valence-corrected chi connectivity index (χ1v) is 6.08. The minimum atomic E-state index is -0.622. The number of Topliss-reactive ketones (excluding diaryl/α,β-unsaturated/α-hetero) is 2. The van der Waals surface area contributed by atoms with Gasteiger partial charge in [-0.15, -0.1) is 0 Å². The van der Waals surface area contributed by atoms with Gasteiger partial charge in [-0.3, -0.25) is 19.2 Å². The Morgan fingerprint density at radius 3 is 0.870 bits per heavy atom. The zero-order chi connectivity index (χ0) is 18.0. The van der Waals surface area contributed by atoms with Crippen molar-refractivity contribution in [2.75, 3.05) is 0 Å². The second-order valence-corrected chi connectivity index (χ2v) is 4.13. The maximum Gasteiger partial charge on any atom is 0.308 e. The Morgan fingerprint density at radius 2 is 0.826 bits per heavy atom. The Balaban J connectivity index is -0.000000333. The number of hydrogen-bond acceptors (Lipinski definition) is 8. The molecule has 0 saturated heterocycles. The molecule has 0 rings (SSSR count). The molecule has 0 amide bonds. The van der Waals surface area contributed by atoms with E-state index in [2.05, 4.69) is 9.47 Å². The van der Waals surface area contributed by atoms with Gasteiger partial charge in [0.2, 0.25) is 11.5 Å². The van der Waals surface area contributed by atoms with Gasteiger partial charge in [-0.1, -0.05) is 0 Å². The van der Waals surface area contributed by atoms with Crippen LogP contribution in [0.25, 0.3) is 0 Å². The van der Waals surface area contributed by atoms with Crippen LogP contribution in [0, 0.1) is 0 Å². The first-order chi connectivity index (χ1) is 9.89. The predicted molar refractivity (Wildman–Crippen MR) is 75.6 cm³/mol. The van der Waals surface area contributed by atoms with Crippen molar-refractivity contribution in [3.63, 3.8) is 0 Å². The molecule has 0 aliphatic carbocycles. The molecule has 0 unspecified atom stereocenters. The maximum atomic E-state index is 10.6. The van der Waals surface area contributed by atoms with E-state index in [0.717, 1.165) is 13.8 Å². The number of rotatable bonds is 4. The van der Waals surface area contributed by atoms with Gasteiger partial charge in [0, 0.05) is 44.8 Å². The minimum Gasteiger partial charge on any atom is -0.509 e. The topological polar surface area (TPSA) is 127 Å². The van der Waals surface area contributed by atoms with E-state index in [0.29, 0.717) is 0 Å². The van der Waals surface area contributed by atoms with Crippen molar-refractivity contribution >= 4 is 23.5 Å². The molecule has 0 bridgehead atoms. The molecule has 0 spiro atoms. The second-order valence-electron chi connectivity index (χ2n) is 4.13. The quantitative estimate of drug-likeness (QED) is 0.328. The molecule has 0 aliphatic heterocycles. The smallest absolute Gasteiger partial charge is 0.308 e. The molecule has 0 aromatic heterocycles. The molecule has 0 saturated carbocycles. The number of aliphatic hydroxyl groups excluding tert-OH is 2. The summed E-state index contributed by atoms with van der Waals surface area (Å²) < 4.78 is 8.83. The summed E-state index contributed by atoms with van der Waals surface area (Å²) in [6.45, 7) is 7.28. The summed E-state index contributed by atoms with van der Waals surface area (Å²) in [4.78, 5) is 41.9. The van der Waals surface area contributed by atoms with Gasteiger partial charge in [0.25, 0.3) is 0 Å². The molecular formula is C14H20CuO8. The van der Waals surface area contributed by atoms with Gasteiger partial charge in [-0.25, -0.2) is 0 Å². The molecule has 0 fully saturated rings. The summed E-state index contributed by atoms with van der Waals surface area (Å²) in [5.74, 6) is -3.34. The number of hydrogen-bond donors (Lipinski definition) is 2. The van der Waals surface area contributed by atoms with Crippen molar-refractivity contribution in [1.82, 2.24) is 0 Å². The third kappa shape index (κ3) is 13.3. The molecule has 2 N–H and O–H groups in total. The average Bonchev–Trinajstić information content (AvgIpc) is 2.32. The van der Waals surface area contributed by atoms with E-state index in [-0.39, 0.29) is 40.1 Å². The SMILES string of the molecule is CC(=O)O/C(C(C)=O)=C(\C)O.CC(=O)O/C(C(C)=O)=C(\C)O.[Cu]. The number of esters is 2. The van der Waals surface area contributed by atoms with Gasteiger partial charge in [-0.05, 0) is 13.8 Å². The fourth-order valence-corrected chi connectivity index (χ4v) is 1.09. The van der Waals surface area contributed by atoms with E-state index in [4.69, 9.17) is 10.2 Å². The summed E-state index contributed by atoms with van der Waals surface area (Å²) in [6.07, 6.45) is 0. The van der Waals surface area contributed by atoms with Crippen LogP contribution in [-0.4, -0.2) is 33.7 Å². The molecule has 0 aromatic carbocycles. The van der Waals surface area contributed by atoms with Gasteiger partial charge in [0.15, 0.2) is 11.6 Å². The molecule has 0 aliphatic rings. The second kappa shape index (κ2) is 12.4. The van der Waals surface area contributed by atoms with Crippen LogP contribution in [-0.2, 0) is 45.7 Å². The fraction of sp³-hybridized carbons (Fsp3) is 0.429. The van der Waals surface area contributed by atoms with Gasteiger partial charge in [0.1, 0.15) is 11.5 Å². The molecular weight excluding hydrogens is 360 g/mol. The Hall–Kier alpha value is -2.12. The van der Waals surface area contributed by atoms with Crippen LogP contribution in [0.2, 0.25) is 0 Å². The Bertz CT molecular complexity index is 475. The van der Waals surface area contributed by atoms with E-state index in [1.165, 1.54) is 27.7 Å². The zero-order valence-corrected chi connectivity index (χ0v) is 14.6. The summed E-state index contributed by atoms with van der Waals surface area (Å²) in [6, 6.07) is 0. The van der Waals surface area contributed by atoms with Gasteiger partial charge >= 0.3 is 11.9 Å². The number of carbonyl (C=O) groups excluding carboxylic acids is 4. The van der Waals surface area contributed by atoms with Crippen LogP contribution in [0.5, 0.6) is 0 Å². The largest absolute Gasteiger partial charge is 0.509 e. The van der Waals surface area contributed by atoms with Crippen LogP contribution >= 0.6 is 0 Å². The maximum absolute atomic E-state index is 10.6. The molecule has 23 heavy (non-hydrogen) atoms. The Labute approximate surface area is 144 Å². The molecule has 0 heterocycles. The summed E-state index contributed by atoms with van der Waals surface area (Å²) >= 11 is 0. The van der Waals surface area contributed by atoms with E-state index in [1.807, 2.05) is 0 Å². The zero-order valence-electron chi connectivity index (χ0n) is 13.6. The first kappa shape index (κ1) is 25.8. The van der Waals surface area contributed by atoms with Crippen LogP contribution < -0.4 is 0 Å². The predicted octanol–water partition coefficient (Wildman–Crippen LogP) is 1.85. The van der Waals surface area contributed by atoms with Crippen molar-refractivity contribution in [3.8, 4) is 0 Å². The van der Waals surface area contributed by atoms with Gasteiger partial charge < -0.3 is 19.7 Å². The van der Waals surface area contributed by atoms with E-state index in [9.17, 15) is 19.2 Å². The summed E-state index contributed by atoms with van der Waals surface area (Å²) in [5, 5.41) is 17.6. The minimum absolute atomic E-state index is 0. The summed E-state index contributed by atoms with van der Waals surface area (Å²) in [5.41, 5.74) is 0. The third-order valence-corrected chi connectivity index (χ3v) is 1.79. The first-order valence-electron chi connectivity index (χ1n) is 6.08. The van der Waals surface area contributed by atoms with Crippen LogP contribution in [0.15, 0.2) is 23.0 Å². The van der Waals surface area contributed by atoms with Crippen LogP contribution in [0.4, 0.5) is 0 Å². The van der Waals surface area contributed by atoms with Gasteiger partial charge in [0.05, 0.1) is 0 Å². The van der Waals surface area contributed by atoms with E-state index in [1.54, 1.807) is 0 Å². The number of aliphatic hydroxyl groups is 2. The number of ketones is 2. The number of allylic oxidation sites excluding steroid dienone is 4. The molecule has 8 nitrogen and oxygen atoms in total. The van der Waals surface area contributed by atoms with Crippen molar-refractivity contribution in [3.05, 3.63) is 23.0 Å². The number of carbonyl (C=O) groups is 4.